The number of piperidine rings is 1. The number of hydrazone groups is 1. The van der Waals surface area contributed by atoms with Crippen molar-refractivity contribution in [3.63, 3.8) is 0 Å². The molecule has 1 aliphatic carbocycles. The van der Waals surface area contributed by atoms with Crippen molar-refractivity contribution in [3.8, 4) is 6.01 Å². The Hall–Kier alpha value is -3.36. The Morgan fingerprint density at radius 1 is 1.12 bits per heavy atom. The van der Waals surface area contributed by atoms with E-state index in [0.717, 1.165) is 50.3 Å². The van der Waals surface area contributed by atoms with Crippen molar-refractivity contribution in [2.45, 2.75) is 39.0 Å². The van der Waals surface area contributed by atoms with Crippen LogP contribution in [0.4, 0.5) is 16.4 Å². The number of anilines is 2. The molecule has 2 aromatic rings. The number of aryl methyl sites for hydroxylation is 2. The molecule has 0 bridgehead atoms. The van der Waals surface area contributed by atoms with Crippen LogP contribution in [0, 0.1) is 6.92 Å². The average Bonchev–Trinajstić information content (AvgIpc) is 3.43. The Morgan fingerprint density at radius 2 is 2.00 bits per heavy atom. The summed E-state index contributed by atoms with van der Waals surface area (Å²) >= 11 is 0. The van der Waals surface area contributed by atoms with E-state index in [0.29, 0.717) is 32.1 Å². The fraction of sp³-hybridized carbons (Fsp3) is 0.500. The number of hydrogen-bond acceptors (Lipinski definition) is 8. The smallest absolute Gasteiger partial charge is 0.410 e. The number of nitrogens with one attached hydrogen (secondary N) is 1. The summed E-state index contributed by atoms with van der Waals surface area (Å²) in [5, 5.41) is 4.69. The maximum atomic E-state index is 11.6. The first-order chi connectivity index (χ1) is 16.2. The molecule has 2 fully saturated rings. The number of nitrogens with zero attached hydrogens (tertiary/aromatic N) is 5. The third-order valence-corrected chi connectivity index (χ3v) is 6.32. The van der Waals surface area contributed by atoms with Crippen LogP contribution in [-0.2, 0) is 11.2 Å². The molecule has 2 aliphatic heterocycles. The SMILES string of the molecule is Cc1ccc2c(c1)/C(=N/Nc1cc(N3CCCCC3)nc(OCCN3CCOC3=O)n1)CC2. The predicted molar refractivity (Wildman–Crippen MR) is 126 cm³/mol. The Kier molecular flexibility index (Phi) is 6.28. The van der Waals surface area contributed by atoms with Crippen molar-refractivity contribution in [2.75, 3.05) is 49.7 Å². The molecule has 1 N–H and O–H groups in total. The molecule has 1 amide bonds. The van der Waals surface area contributed by atoms with Gasteiger partial charge in [-0.25, -0.2) is 4.79 Å². The lowest BCUT2D eigenvalue weighted by atomic mass is 10.1. The fourth-order valence-electron chi connectivity index (χ4n) is 4.50. The molecule has 9 heteroatoms. The number of aromatic nitrogens is 2. The predicted octanol–water partition coefficient (Wildman–Crippen LogP) is 3.37. The lowest BCUT2D eigenvalue weighted by Crippen LogP contribution is -2.31. The Labute approximate surface area is 193 Å². The van der Waals surface area contributed by atoms with E-state index >= 15 is 0 Å². The fourth-order valence-corrected chi connectivity index (χ4v) is 4.50. The molecule has 3 heterocycles. The van der Waals surface area contributed by atoms with Gasteiger partial charge in [-0.3, -0.25) is 5.43 Å². The maximum absolute atomic E-state index is 11.6. The molecule has 0 unspecified atom stereocenters. The summed E-state index contributed by atoms with van der Waals surface area (Å²) in [5.41, 5.74) is 7.97. The second-order valence-corrected chi connectivity index (χ2v) is 8.72. The van der Waals surface area contributed by atoms with Crippen molar-refractivity contribution in [1.29, 1.82) is 0 Å². The molecular weight excluding hydrogens is 420 g/mol. The van der Waals surface area contributed by atoms with Crippen molar-refractivity contribution < 1.29 is 14.3 Å². The number of ether oxygens (including phenoxy) is 2. The van der Waals surface area contributed by atoms with E-state index in [1.165, 1.54) is 23.1 Å². The molecule has 174 valence electrons. The summed E-state index contributed by atoms with van der Waals surface area (Å²) in [7, 11) is 0. The Bertz CT molecular complexity index is 1050. The number of benzene rings is 1. The molecule has 3 aliphatic rings. The largest absolute Gasteiger partial charge is 0.461 e. The molecule has 5 rings (SSSR count). The van der Waals surface area contributed by atoms with Gasteiger partial charge >= 0.3 is 12.1 Å². The van der Waals surface area contributed by atoms with Gasteiger partial charge in [0.2, 0.25) is 0 Å². The van der Waals surface area contributed by atoms with E-state index in [2.05, 4.69) is 50.5 Å². The quantitative estimate of drug-likeness (QED) is 0.647. The summed E-state index contributed by atoms with van der Waals surface area (Å²) < 4.78 is 10.8. The van der Waals surface area contributed by atoms with Crippen LogP contribution in [0.5, 0.6) is 6.01 Å². The molecule has 0 spiro atoms. The van der Waals surface area contributed by atoms with Crippen molar-refractivity contribution in [2.24, 2.45) is 5.10 Å². The van der Waals surface area contributed by atoms with E-state index in [-0.39, 0.29) is 12.1 Å². The first-order valence-electron chi connectivity index (χ1n) is 11.8. The molecule has 0 saturated carbocycles. The zero-order valence-corrected chi connectivity index (χ0v) is 19.0. The van der Waals surface area contributed by atoms with Crippen LogP contribution in [0.1, 0.15) is 42.4 Å². The van der Waals surface area contributed by atoms with Gasteiger partial charge in [0, 0.05) is 24.7 Å². The summed E-state index contributed by atoms with van der Waals surface area (Å²) in [6.07, 6.45) is 5.16. The number of hydrogen-bond donors (Lipinski definition) is 1. The maximum Gasteiger partial charge on any atom is 0.410 e. The summed E-state index contributed by atoms with van der Waals surface area (Å²) in [4.78, 5) is 24.7. The lowest BCUT2D eigenvalue weighted by Gasteiger charge is -2.28. The zero-order valence-electron chi connectivity index (χ0n) is 19.0. The summed E-state index contributed by atoms with van der Waals surface area (Å²) in [6.45, 7) is 5.80. The van der Waals surface area contributed by atoms with Crippen LogP contribution in [-0.4, -0.2) is 66.1 Å². The van der Waals surface area contributed by atoms with E-state index in [9.17, 15) is 4.79 Å². The van der Waals surface area contributed by atoms with Gasteiger partial charge in [0.1, 0.15) is 19.0 Å². The van der Waals surface area contributed by atoms with Gasteiger partial charge in [0.05, 0.1) is 18.8 Å². The highest BCUT2D eigenvalue weighted by Gasteiger charge is 2.22. The number of cyclic esters (lactones) is 1. The molecular formula is C24H30N6O3. The topological polar surface area (TPSA) is 92.2 Å². The number of carbonyl (C=O) groups excluding carboxylic acids is 1. The van der Waals surface area contributed by atoms with E-state index < -0.39 is 0 Å². The molecule has 33 heavy (non-hydrogen) atoms. The number of carbonyl (C=O) groups is 1. The first kappa shape index (κ1) is 21.5. The standard InChI is InChI=1S/C24H30N6O3/c1-17-5-6-18-7-8-20(19(18)15-17)27-28-21-16-22(29-9-3-2-4-10-29)26-23(25-21)32-13-11-30-12-14-33-24(30)31/h5-6,15-16H,2-4,7-14H2,1H3,(H,25,26,28)/b27-20+. The van der Waals surface area contributed by atoms with Gasteiger partial charge in [-0.1, -0.05) is 17.7 Å². The van der Waals surface area contributed by atoms with Gasteiger partial charge in [-0.05, 0) is 50.7 Å². The minimum Gasteiger partial charge on any atom is -0.461 e. The van der Waals surface area contributed by atoms with Gasteiger partial charge in [-0.15, -0.1) is 0 Å². The first-order valence-corrected chi connectivity index (χ1v) is 11.8. The monoisotopic (exact) mass is 450 g/mol. The van der Waals surface area contributed by atoms with Crippen molar-refractivity contribution in [3.05, 3.63) is 41.0 Å². The molecule has 1 aromatic carbocycles. The lowest BCUT2D eigenvalue weighted by molar-refractivity contribution is 0.152. The highest BCUT2D eigenvalue weighted by Crippen LogP contribution is 2.26. The van der Waals surface area contributed by atoms with Crippen LogP contribution < -0.4 is 15.1 Å². The third-order valence-electron chi connectivity index (χ3n) is 6.32. The second-order valence-electron chi connectivity index (χ2n) is 8.72. The second kappa shape index (κ2) is 9.64. The van der Waals surface area contributed by atoms with Crippen LogP contribution >= 0.6 is 0 Å². The van der Waals surface area contributed by atoms with Gasteiger partial charge in [0.25, 0.3) is 0 Å². The minimum absolute atomic E-state index is 0.288. The average molecular weight is 451 g/mol. The molecule has 0 radical (unpaired) electrons. The Morgan fingerprint density at radius 3 is 2.82 bits per heavy atom. The highest BCUT2D eigenvalue weighted by molar-refractivity contribution is 6.04. The normalized spacial score (nSPS) is 19.1. The molecule has 2 saturated heterocycles. The van der Waals surface area contributed by atoms with E-state index in [1.54, 1.807) is 4.90 Å². The number of fused-ring (bicyclic) bond motifs is 1. The minimum atomic E-state index is -0.299. The highest BCUT2D eigenvalue weighted by atomic mass is 16.6. The van der Waals surface area contributed by atoms with Gasteiger partial charge < -0.3 is 19.3 Å². The Balaban J connectivity index is 1.33. The molecule has 1 aromatic heterocycles. The van der Waals surface area contributed by atoms with Crippen LogP contribution in [0.25, 0.3) is 0 Å². The van der Waals surface area contributed by atoms with E-state index in [1.807, 2.05) is 6.07 Å². The molecule has 9 nitrogen and oxygen atoms in total. The van der Waals surface area contributed by atoms with Gasteiger partial charge in [0.15, 0.2) is 5.82 Å². The zero-order chi connectivity index (χ0) is 22.6. The van der Waals surface area contributed by atoms with E-state index in [4.69, 9.17) is 9.47 Å². The van der Waals surface area contributed by atoms with Crippen molar-refractivity contribution >= 4 is 23.4 Å². The third kappa shape index (κ3) is 5.02. The van der Waals surface area contributed by atoms with Crippen LogP contribution in [0.3, 0.4) is 0 Å². The summed E-state index contributed by atoms with van der Waals surface area (Å²) in [6, 6.07) is 8.76. The molecule has 0 atom stereocenters. The number of rotatable bonds is 7. The van der Waals surface area contributed by atoms with Crippen molar-refractivity contribution in [1.82, 2.24) is 14.9 Å². The number of amides is 1. The van der Waals surface area contributed by atoms with Crippen LogP contribution in [0.2, 0.25) is 0 Å². The van der Waals surface area contributed by atoms with Crippen LogP contribution in [0.15, 0.2) is 29.4 Å². The summed E-state index contributed by atoms with van der Waals surface area (Å²) in [5.74, 6) is 1.44. The van der Waals surface area contributed by atoms with Gasteiger partial charge in [-0.2, -0.15) is 15.1 Å².